The number of hydrogen-bond acceptors (Lipinski definition) is 6. The van der Waals surface area contributed by atoms with Crippen LogP contribution in [0.2, 0.25) is 0 Å². The van der Waals surface area contributed by atoms with Crippen LogP contribution < -0.4 is 18.9 Å². The monoisotopic (exact) mass is 282 g/mol. The molecule has 0 fully saturated rings. The molecule has 20 heavy (non-hydrogen) atoms. The van der Waals surface area contributed by atoms with Crippen LogP contribution in [0.25, 0.3) is 0 Å². The average molecular weight is 282 g/mol. The van der Waals surface area contributed by atoms with E-state index in [1.54, 1.807) is 0 Å². The SMILES string of the molecule is COc1c2c(c(OC)c(OC)c1OC)C(=O)OC(C)C2. The fourth-order valence-electron chi connectivity index (χ4n) is 2.47. The number of cyclic esters (lactones) is 1. The van der Waals surface area contributed by atoms with Gasteiger partial charge in [-0.15, -0.1) is 0 Å². The summed E-state index contributed by atoms with van der Waals surface area (Å²) in [6.45, 7) is 1.82. The number of hydrogen-bond donors (Lipinski definition) is 0. The summed E-state index contributed by atoms with van der Waals surface area (Å²) in [5, 5.41) is 0. The Morgan fingerprint density at radius 1 is 0.900 bits per heavy atom. The molecule has 110 valence electrons. The third kappa shape index (κ3) is 2.01. The van der Waals surface area contributed by atoms with Gasteiger partial charge in [0.05, 0.1) is 28.4 Å². The van der Waals surface area contributed by atoms with E-state index in [2.05, 4.69) is 0 Å². The Labute approximate surface area is 117 Å². The third-order valence-corrected chi connectivity index (χ3v) is 3.24. The van der Waals surface area contributed by atoms with Crippen molar-refractivity contribution in [2.75, 3.05) is 28.4 Å². The summed E-state index contributed by atoms with van der Waals surface area (Å²) in [5.74, 6) is 1.06. The maximum Gasteiger partial charge on any atom is 0.342 e. The number of carbonyl (C=O) groups is 1. The largest absolute Gasteiger partial charge is 0.492 e. The molecule has 0 amide bonds. The van der Waals surface area contributed by atoms with Crippen LogP contribution in [0.1, 0.15) is 22.8 Å². The molecule has 0 spiro atoms. The van der Waals surface area contributed by atoms with E-state index in [9.17, 15) is 4.79 Å². The molecular formula is C14H18O6. The van der Waals surface area contributed by atoms with E-state index in [1.807, 2.05) is 6.92 Å². The van der Waals surface area contributed by atoms with E-state index in [1.165, 1.54) is 28.4 Å². The molecule has 1 aromatic carbocycles. The summed E-state index contributed by atoms with van der Waals surface area (Å²) < 4.78 is 26.6. The summed E-state index contributed by atoms with van der Waals surface area (Å²) >= 11 is 0. The molecular weight excluding hydrogens is 264 g/mol. The quantitative estimate of drug-likeness (QED) is 0.785. The Bertz CT molecular complexity index is 537. The number of methoxy groups -OCH3 is 4. The maximum absolute atomic E-state index is 12.2. The summed E-state index contributed by atoms with van der Waals surface area (Å²) in [4.78, 5) is 12.2. The predicted molar refractivity (Wildman–Crippen MR) is 71.2 cm³/mol. The van der Waals surface area contributed by atoms with Crippen LogP contribution >= 0.6 is 0 Å². The number of benzene rings is 1. The summed E-state index contributed by atoms with van der Waals surface area (Å²) in [7, 11) is 5.98. The van der Waals surface area contributed by atoms with Gasteiger partial charge in [0, 0.05) is 12.0 Å². The van der Waals surface area contributed by atoms with Gasteiger partial charge >= 0.3 is 5.97 Å². The molecule has 0 bridgehead atoms. The van der Waals surface area contributed by atoms with Gasteiger partial charge < -0.3 is 23.7 Å². The van der Waals surface area contributed by atoms with Crippen LogP contribution in [0.5, 0.6) is 23.0 Å². The van der Waals surface area contributed by atoms with Crippen molar-refractivity contribution in [2.24, 2.45) is 0 Å². The van der Waals surface area contributed by atoms with Crippen molar-refractivity contribution >= 4 is 5.97 Å². The Balaban J connectivity index is 2.83. The zero-order chi connectivity index (χ0) is 14.9. The van der Waals surface area contributed by atoms with Gasteiger partial charge in [0.2, 0.25) is 11.5 Å². The molecule has 1 aromatic rings. The molecule has 0 aliphatic carbocycles. The highest BCUT2D eigenvalue weighted by Gasteiger charge is 2.36. The molecule has 0 saturated heterocycles. The highest BCUT2D eigenvalue weighted by molar-refractivity contribution is 5.98. The molecule has 1 unspecified atom stereocenters. The first-order valence-electron chi connectivity index (χ1n) is 6.18. The minimum absolute atomic E-state index is 0.230. The van der Waals surface area contributed by atoms with Gasteiger partial charge in [-0.25, -0.2) is 4.79 Å². The Morgan fingerprint density at radius 3 is 1.90 bits per heavy atom. The predicted octanol–water partition coefficient (Wildman–Crippen LogP) is 1.82. The van der Waals surface area contributed by atoms with Gasteiger partial charge in [0.25, 0.3) is 0 Å². The van der Waals surface area contributed by atoms with Gasteiger partial charge in [-0.05, 0) is 6.92 Å². The summed E-state index contributed by atoms with van der Waals surface area (Å²) in [6.07, 6.45) is 0.299. The van der Waals surface area contributed by atoms with Crippen molar-refractivity contribution in [2.45, 2.75) is 19.4 Å². The van der Waals surface area contributed by atoms with Gasteiger partial charge in [0.1, 0.15) is 11.7 Å². The molecule has 0 radical (unpaired) electrons. The summed E-state index contributed by atoms with van der Waals surface area (Å²) in [5.41, 5.74) is 1.05. The number of carbonyl (C=O) groups excluding carboxylic acids is 1. The van der Waals surface area contributed by atoms with E-state index in [0.717, 1.165) is 0 Å². The first-order chi connectivity index (χ1) is 9.58. The molecule has 1 aliphatic heterocycles. The topological polar surface area (TPSA) is 63.2 Å². The van der Waals surface area contributed by atoms with Crippen molar-refractivity contribution in [1.82, 2.24) is 0 Å². The Morgan fingerprint density at radius 2 is 1.40 bits per heavy atom. The Hall–Kier alpha value is -2.11. The van der Waals surface area contributed by atoms with Crippen LogP contribution in [0.15, 0.2) is 0 Å². The van der Waals surface area contributed by atoms with Crippen LogP contribution in [-0.2, 0) is 11.2 Å². The van der Waals surface area contributed by atoms with E-state index in [-0.39, 0.29) is 6.10 Å². The molecule has 2 rings (SSSR count). The second-order valence-electron chi connectivity index (χ2n) is 4.41. The summed E-state index contributed by atoms with van der Waals surface area (Å²) in [6, 6.07) is 0. The molecule has 6 heteroatoms. The fourth-order valence-corrected chi connectivity index (χ4v) is 2.47. The van der Waals surface area contributed by atoms with Crippen LogP contribution in [0, 0.1) is 0 Å². The van der Waals surface area contributed by atoms with E-state index in [4.69, 9.17) is 23.7 Å². The van der Waals surface area contributed by atoms with Crippen molar-refractivity contribution < 1.29 is 28.5 Å². The highest BCUT2D eigenvalue weighted by Crippen LogP contribution is 2.51. The number of fused-ring (bicyclic) bond motifs is 1. The normalized spacial score (nSPS) is 17.1. The van der Waals surface area contributed by atoms with Gasteiger partial charge in [-0.1, -0.05) is 0 Å². The van der Waals surface area contributed by atoms with Crippen molar-refractivity contribution in [3.05, 3.63) is 11.1 Å². The molecule has 0 N–H and O–H groups in total. The standard InChI is InChI=1S/C14H18O6/c1-7-6-8-9(14(15)20-7)11(17-3)13(19-5)12(18-4)10(8)16-2/h7H,6H2,1-5H3. The average Bonchev–Trinajstić information content (AvgIpc) is 2.44. The van der Waals surface area contributed by atoms with Crippen molar-refractivity contribution in [1.29, 1.82) is 0 Å². The maximum atomic E-state index is 12.2. The minimum atomic E-state index is -0.449. The molecule has 1 heterocycles. The van der Waals surface area contributed by atoms with Crippen molar-refractivity contribution in [3.63, 3.8) is 0 Å². The van der Waals surface area contributed by atoms with E-state index < -0.39 is 5.97 Å². The molecule has 0 saturated carbocycles. The zero-order valence-electron chi connectivity index (χ0n) is 12.2. The van der Waals surface area contributed by atoms with Crippen LogP contribution in [0.3, 0.4) is 0 Å². The first-order valence-corrected chi connectivity index (χ1v) is 6.18. The highest BCUT2D eigenvalue weighted by atomic mass is 16.6. The zero-order valence-corrected chi connectivity index (χ0v) is 12.2. The smallest absolute Gasteiger partial charge is 0.342 e. The molecule has 1 atom stereocenters. The number of ether oxygens (including phenoxy) is 5. The van der Waals surface area contributed by atoms with Gasteiger partial charge in [-0.2, -0.15) is 0 Å². The first kappa shape index (κ1) is 14.3. The number of esters is 1. The lowest BCUT2D eigenvalue weighted by Crippen LogP contribution is -2.26. The third-order valence-electron chi connectivity index (χ3n) is 3.24. The van der Waals surface area contributed by atoms with Crippen LogP contribution in [0.4, 0.5) is 0 Å². The number of rotatable bonds is 4. The Kier molecular flexibility index (Phi) is 3.92. The minimum Gasteiger partial charge on any atom is -0.492 e. The molecule has 6 nitrogen and oxygen atoms in total. The van der Waals surface area contributed by atoms with E-state index in [0.29, 0.717) is 40.5 Å². The van der Waals surface area contributed by atoms with Crippen molar-refractivity contribution in [3.8, 4) is 23.0 Å². The van der Waals surface area contributed by atoms with Crippen LogP contribution in [-0.4, -0.2) is 40.5 Å². The fraction of sp³-hybridized carbons (Fsp3) is 0.500. The lowest BCUT2D eigenvalue weighted by Gasteiger charge is -2.27. The lowest BCUT2D eigenvalue weighted by molar-refractivity contribution is 0.0292. The van der Waals surface area contributed by atoms with Gasteiger partial charge in [0.15, 0.2) is 11.5 Å². The molecule has 1 aliphatic rings. The molecule has 0 aromatic heterocycles. The second kappa shape index (κ2) is 5.48. The second-order valence-corrected chi connectivity index (χ2v) is 4.41. The van der Waals surface area contributed by atoms with E-state index >= 15 is 0 Å². The lowest BCUT2D eigenvalue weighted by atomic mass is 9.95. The van der Waals surface area contributed by atoms with Gasteiger partial charge in [-0.3, -0.25) is 0 Å².